The second-order valence-corrected chi connectivity index (χ2v) is 11.3. The number of fused-ring (bicyclic) bond motifs is 1. The van der Waals surface area contributed by atoms with Gasteiger partial charge in [-0.15, -0.1) is 0 Å². The van der Waals surface area contributed by atoms with Crippen molar-refractivity contribution in [2.45, 2.75) is 46.7 Å². The van der Waals surface area contributed by atoms with Crippen molar-refractivity contribution in [3.05, 3.63) is 59.3 Å². The van der Waals surface area contributed by atoms with Gasteiger partial charge in [-0.3, -0.25) is 9.59 Å². The monoisotopic (exact) mass is 543 g/mol. The number of nitrogens with zero attached hydrogens (tertiary/aromatic N) is 6. The Bertz CT molecular complexity index is 1450. The van der Waals surface area contributed by atoms with Gasteiger partial charge in [0.15, 0.2) is 5.65 Å². The van der Waals surface area contributed by atoms with E-state index < -0.39 is 5.92 Å². The first-order valence-corrected chi connectivity index (χ1v) is 13.9. The highest BCUT2D eigenvalue weighted by Gasteiger charge is 2.25. The topological polar surface area (TPSA) is 95.7 Å². The minimum atomic E-state index is -0.464. The number of allylic oxidation sites excluding steroid dienone is 1. The molecule has 0 radical (unpaired) electrons. The molecule has 1 aliphatic heterocycles. The van der Waals surface area contributed by atoms with Crippen LogP contribution in [-0.4, -0.2) is 82.9 Å². The Labute approximate surface area is 237 Å². The van der Waals surface area contributed by atoms with Crippen LogP contribution in [0.4, 0.5) is 0 Å². The van der Waals surface area contributed by atoms with Crippen LogP contribution in [0.5, 0.6) is 0 Å². The van der Waals surface area contributed by atoms with Crippen LogP contribution in [0.25, 0.3) is 22.3 Å². The summed E-state index contributed by atoms with van der Waals surface area (Å²) < 4.78 is 1.84. The zero-order chi connectivity index (χ0) is 29.0. The van der Waals surface area contributed by atoms with E-state index in [1.165, 1.54) is 5.56 Å². The number of aromatic nitrogens is 3. The summed E-state index contributed by atoms with van der Waals surface area (Å²) in [5.41, 5.74) is 5.57. The molecule has 2 aromatic heterocycles. The Kier molecular flexibility index (Phi) is 9.27. The second-order valence-electron chi connectivity index (χ2n) is 11.3. The van der Waals surface area contributed by atoms with E-state index in [1.54, 1.807) is 13.1 Å². The Morgan fingerprint density at radius 1 is 1.12 bits per heavy atom. The molecule has 1 unspecified atom stereocenters. The van der Waals surface area contributed by atoms with Crippen LogP contribution in [0.2, 0.25) is 0 Å². The third-order valence-corrected chi connectivity index (χ3v) is 7.16. The van der Waals surface area contributed by atoms with Crippen LogP contribution >= 0.6 is 0 Å². The standard InChI is InChI=1S/C31H41N7O2/c1-20(2)38-29-27(18-33-38)25(30(39)32-17-26-21(3)14-22(4)34-31(26)40)16-28(35-29)24-11-8-10-23(15-24)19-37(7)13-9-12-36(5)6/h8,10-11,14-16,18,20,26H,9,12-13,17,19H2,1-7H3,(H,32,39). The normalized spacial score (nSPS) is 15.8. The fourth-order valence-electron chi connectivity index (χ4n) is 5.06. The molecule has 1 N–H and O–H groups in total. The van der Waals surface area contributed by atoms with Crippen LogP contribution in [0, 0.1) is 5.92 Å². The molecule has 1 aromatic carbocycles. The molecule has 1 aliphatic rings. The van der Waals surface area contributed by atoms with Gasteiger partial charge in [0.05, 0.1) is 28.8 Å². The van der Waals surface area contributed by atoms with Crippen molar-refractivity contribution >= 4 is 28.6 Å². The average Bonchev–Trinajstić information content (AvgIpc) is 3.32. The molecule has 4 rings (SSSR count). The molecule has 0 fully saturated rings. The Morgan fingerprint density at radius 2 is 1.90 bits per heavy atom. The van der Waals surface area contributed by atoms with E-state index in [4.69, 9.17) is 4.98 Å². The highest BCUT2D eigenvalue weighted by Crippen LogP contribution is 2.27. The molecule has 9 heteroatoms. The molecular formula is C31H41N7O2. The van der Waals surface area contributed by atoms with Crippen LogP contribution in [-0.2, 0) is 11.3 Å². The maximum absolute atomic E-state index is 13.5. The van der Waals surface area contributed by atoms with Gasteiger partial charge < -0.3 is 15.1 Å². The lowest BCUT2D eigenvalue weighted by atomic mass is 9.95. The molecule has 0 saturated heterocycles. The zero-order valence-corrected chi connectivity index (χ0v) is 24.7. The summed E-state index contributed by atoms with van der Waals surface area (Å²) in [5, 5.41) is 8.19. The number of nitrogens with one attached hydrogen (secondary N) is 1. The number of carbonyl (C=O) groups excluding carboxylic acids is 2. The van der Waals surface area contributed by atoms with Gasteiger partial charge in [-0.1, -0.05) is 23.8 Å². The Hall–Kier alpha value is -3.69. The van der Waals surface area contributed by atoms with E-state index in [9.17, 15) is 9.59 Å². The molecule has 2 amide bonds. The van der Waals surface area contributed by atoms with E-state index >= 15 is 0 Å². The van der Waals surface area contributed by atoms with Crippen molar-refractivity contribution in [2.75, 3.05) is 40.8 Å². The van der Waals surface area contributed by atoms with Gasteiger partial charge in [0.25, 0.3) is 11.8 Å². The number of hydrogen-bond donors (Lipinski definition) is 1. The second kappa shape index (κ2) is 12.7. The van der Waals surface area contributed by atoms with Gasteiger partial charge in [-0.05, 0) is 92.1 Å². The summed E-state index contributed by atoms with van der Waals surface area (Å²) >= 11 is 0. The van der Waals surface area contributed by atoms with Gasteiger partial charge in [0.2, 0.25) is 0 Å². The first-order chi connectivity index (χ1) is 19.0. The van der Waals surface area contributed by atoms with Crippen molar-refractivity contribution < 1.29 is 9.59 Å². The first kappa shape index (κ1) is 29.3. The predicted molar refractivity (Wildman–Crippen MR) is 161 cm³/mol. The lowest BCUT2D eigenvalue weighted by Crippen LogP contribution is -2.34. The van der Waals surface area contributed by atoms with E-state index in [0.717, 1.165) is 37.2 Å². The van der Waals surface area contributed by atoms with Crippen molar-refractivity contribution in [1.82, 2.24) is 29.9 Å². The van der Waals surface area contributed by atoms with E-state index in [1.807, 2.05) is 49.7 Å². The number of benzene rings is 1. The minimum absolute atomic E-state index is 0.0760. The van der Waals surface area contributed by atoms with Crippen LogP contribution in [0.15, 0.2) is 53.2 Å². The average molecular weight is 544 g/mol. The molecule has 1 atom stereocenters. The molecular weight excluding hydrogens is 502 g/mol. The summed E-state index contributed by atoms with van der Waals surface area (Å²) in [5.74, 6) is -0.954. The molecule has 0 aliphatic carbocycles. The lowest BCUT2D eigenvalue weighted by molar-refractivity contribution is -0.120. The molecule has 0 saturated carbocycles. The van der Waals surface area contributed by atoms with Gasteiger partial charge in [-0.25, -0.2) is 14.7 Å². The third-order valence-electron chi connectivity index (χ3n) is 7.16. The molecule has 3 heterocycles. The Balaban J connectivity index is 1.62. The first-order valence-electron chi connectivity index (χ1n) is 13.9. The van der Waals surface area contributed by atoms with Crippen molar-refractivity contribution in [2.24, 2.45) is 10.9 Å². The molecule has 0 spiro atoms. The third kappa shape index (κ3) is 6.89. The van der Waals surface area contributed by atoms with Crippen molar-refractivity contribution in [3.8, 4) is 11.3 Å². The number of carbonyl (C=O) groups is 2. The number of amides is 2. The van der Waals surface area contributed by atoms with Crippen LogP contribution in [0.1, 0.15) is 56.1 Å². The number of dihydropyridines is 1. The summed E-state index contributed by atoms with van der Waals surface area (Å²) in [6.45, 7) is 10.9. The maximum atomic E-state index is 13.5. The fraction of sp³-hybridized carbons (Fsp3) is 0.452. The quantitative estimate of drug-likeness (QED) is 0.386. The smallest absolute Gasteiger partial charge is 0.254 e. The van der Waals surface area contributed by atoms with Gasteiger partial charge in [-0.2, -0.15) is 5.10 Å². The largest absolute Gasteiger partial charge is 0.351 e. The molecule has 212 valence electrons. The van der Waals surface area contributed by atoms with E-state index in [-0.39, 0.29) is 24.4 Å². The van der Waals surface area contributed by atoms with Crippen molar-refractivity contribution in [1.29, 1.82) is 0 Å². The minimum Gasteiger partial charge on any atom is -0.351 e. The van der Waals surface area contributed by atoms with Gasteiger partial charge in [0, 0.05) is 30.4 Å². The summed E-state index contributed by atoms with van der Waals surface area (Å²) in [6, 6.07) is 10.2. The lowest BCUT2D eigenvalue weighted by Gasteiger charge is -2.19. The number of aliphatic imine (C=N–C) groups is 1. The molecule has 3 aromatic rings. The van der Waals surface area contributed by atoms with Crippen LogP contribution < -0.4 is 5.32 Å². The number of hydrogen-bond acceptors (Lipinski definition) is 6. The molecule has 40 heavy (non-hydrogen) atoms. The predicted octanol–water partition coefficient (Wildman–Crippen LogP) is 4.36. The molecule has 0 bridgehead atoms. The maximum Gasteiger partial charge on any atom is 0.254 e. The van der Waals surface area contributed by atoms with Gasteiger partial charge in [0.1, 0.15) is 0 Å². The highest BCUT2D eigenvalue weighted by atomic mass is 16.2. The van der Waals surface area contributed by atoms with E-state index in [2.05, 4.69) is 58.5 Å². The number of pyridine rings is 1. The summed E-state index contributed by atoms with van der Waals surface area (Å²) in [4.78, 5) is 39.6. The highest BCUT2D eigenvalue weighted by molar-refractivity contribution is 6.08. The summed E-state index contributed by atoms with van der Waals surface area (Å²) in [7, 11) is 6.32. The zero-order valence-electron chi connectivity index (χ0n) is 24.7. The van der Waals surface area contributed by atoms with Crippen LogP contribution in [0.3, 0.4) is 0 Å². The van der Waals surface area contributed by atoms with Gasteiger partial charge >= 0.3 is 0 Å². The fourth-order valence-corrected chi connectivity index (χ4v) is 5.06. The van der Waals surface area contributed by atoms with Crippen molar-refractivity contribution in [3.63, 3.8) is 0 Å². The molecule has 9 nitrogen and oxygen atoms in total. The van der Waals surface area contributed by atoms with E-state index in [0.29, 0.717) is 28.0 Å². The number of rotatable bonds is 11. The Morgan fingerprint density at radius 3 is 2.60 bits per heavy atom. The SMILES string of the molecule is CC1=CC(C)=NC(=O)C1CNC(=O)c1cc(-c2cccc(CN(C)CCCN(C)C)c2)nc2c1cnn2C(C)C. The summed E-state index contributed by atoms with van der Waals surface area (Å²) in [6.07, 6.45) is 4.69.